The molecule has 0 spiro atoms. The van der Waals surface area contributed by atoms with E-state index >= 15 is 0 Å². The monoisotopic (exact) mass is 235 g/mol. The van der Waals surface area contributed by atoms with Crippen LogP contribution in [0.3, 0.4) is 0 Å². The van der Waals surface area contributed by atoms with Crippen LogP contribution in [-0.4, -0.2) is 37.1 Å². The number of likely N-dealkylation sites (tertiary alicyclic amines) is 1. The van der Waals surface area contributed by atoms with Crippen molar-refractivity contribution >= 4 is 0 Å². The van der Waals surface area contributed by atoms with Crippen LogP contribution in [0.1, 0.15) is 44.9 Å². The van der Waals surface area contributed by atoms with Crippen molar-refractivity contribution in [2.45, 2.75) is 51.0 Å². The quantitative estimate of drug-likeness (QED) is 0.742. The summed E-state index contributed by atoms with van der Waals surface area (Å²) in [6, 6.07) is 2.93. The van der Waals surface area contributed by atoms with Crippen molar-refractivity contribution in [2.24, 2.45) is 5.92 Å². The molecule has 1 aliphatic heterocycles. The minimum Gasteiger partial charge on any atom is -0.313 e. The Hall–Kier alpha value is -0.590. The standard InChI is InChI=1S/C14H25N3/c15-12-13-6-1-2-7-14(13)16-8-5-11-17-9-3-4-10-17/h13-14,16H,1-11H2. The Balaban J connectivity index is 1.58. The Bertz CT molecular complexity index is 253. The zero-order valence-corrected chi connectivity index (χ0v) is 10.8. The van der Waals surface area contributed by atoms with Gasteiger partial charge in [0.05, 0.1) is 12.0 Å². The predicted molar refractivity (Wildman–Crippen MR) is 69.7 cm³/mol. The first-order valence-electron chi connectivity index (χ1n) is 7.25. The molecular weight excluding hydrogens is 210 g/mol. The summed E-state index contributed by atoms with van der Waals surface area (Å²) in [5, 5.41) is 12.7. The summed E-state index contributed by atoms with van der Waals surface area (Å²) in [5.41, 5.74) is 0. The van der Waals surface area contributed by atoms with Crippen LogP contribution >= 0.6 is 0 Å². The third kappa shape index (κ3) is 3.97. The Morgan fingerprint density at radius 1 is 1.12 bits per heavy atom. The molecule has 17 heavy (non-hydrogen) atoms. The molecule has 0 aromatic rings. The van der Waals surface area contributed by atoms with Crippen LogP contribution in [0.4, 0.5) is 0 Å². The van der Waals surface area contributed by atoms with Gasteiger partial charge in [0.1, 0.15) is 0 Å². The largest absolute Gasteiger partial charge is 0.313 e. The van der Waals surface area contributed by atoms with E-state index in [4.69, 9.17) is 5.26 Å². The highest BCUT2D eigenvalue weighted by Gasteiger charge is 2.23. The second kappa shape index (κ2) is 6.98. The molecule has 2 aliphatic rings. The molecule has 0 aromatic carbocycles. The van der Waals surface area contributed by atoms with Gasteiger partial charge in [-0.05, 0) is 58.3 Å². The average Bonchev–Trinajstić information content (AvgIpc) is 2.88. The molecule has 1 N–H and O–H groups in total. The maximum Gasteiger partial charge on any atom is 0.0672 e. The molecule has 96 valence electrons. The molecule has 1 saturated heterocycles. The van der Waals surface area contributed by atoms with Gasteiger partial charge in [-0.15, -0.1) is 0 Å². The van der Waals surface area contributed by atoms with E-state index < -0.39 is 0 Å². The van der Waals surface area contributed by atoms with Gasteiger partial charge in [0.2, 0.25) is 0 Å². The smallest absolute Gasteiger partial charge is 0.0672 e. The fourth-order valence-electron chi connectivity index (χ4n) is 3.13. The van der Waals surface area contributed by atoms with E-state index in [2.05, 4.69) is 16.3 Å². The molecule has 1 heterocycles. The molecule has 0 amide bonds. The van der Waals surface area contributed by atoms with Crippen molar-refractivity contribution in [3.63, 3.8) is 0 Å². The van der Waals surface area contributed by atoms with E-state index in [0.29, 0.717) is 6.04 Å². The van der Waals surface area contributed by atoms with Crippen LogP contribution in [0.5, 0.6) is 0 Å². The fraction of sp³-hybridized carbons (Fsp3) is 0.929. The van der Waals surface area contributed by atoms with E-state index in [1.807, 2.05) is 0 Å². The van der Waals surface area contributed by atoms with E-state index in [9.17, 15) is 0 Å². The summed E-state index contributed by atoms with van der Waals surface area (Å²) < 4.78 is 0. The molecule has 2 fully saturated rings. The van der Waals surface area contributed by atoms with Crippen molar-refractivity contribution in [3.8, 4) is 6.07 Å². The zero-order chi connectivity index (χ0) is 11.9. The van der Waals surface area contributed by atoms with Crippen LogP contribution in [0.15, 0.2) is 0 Å². The minimum atomic E-state index is 0.260. The Labute approximate surface area is 105 Å². The van der Waals surface area contributed by atoms with E-state index in [1.165, 1.54) is 58.2 Å². The highest BCUT2D eigenvalue weighted by molar-refractivity contribution is 4.94. The molecule has 1 aliphatic carbocycles. The number of hydrogen-bond donors (Lipinski definition) is 1. The molecule has 0 radical (unpaired) electrons. The van der Waals surface area contributed by atoms with Crippen LogP contribution in [0, 0.1) is 17.2 Å². The lowest BCUT2D eigenvalue weighted by molar-refractivity contribution is 0.293. The molecule has 2 rings (SSSR count). The Kier molecular flexibility index (Phi) is 5.28. The van der Waals surface area contributed by atoms with Gasteiger partial charge in [-0.1, -0.05) is 12.8 Å². The lowest BCUT2D eigenvalue weighted by Crippen LogP contribution is -2.39. The lowest BCUT2D eigenvalue weighted by Gasteiger charge is -2.28. The second-order valence-electron chi connectivity index (χ2n) is 5.48. The highest BCUT2D eigenvalue weighted by atomic mass is 15.1. The van der Waals surface area contributed by atoms with Gasteiger partial charge in [0.15, 0.2) is 0 Å². The maximum atomic E-state index is 9.09. The second-order valence-corrected chi connectivity index (χ2v) is 5.48. The molecule has 2 unspecified atom stereocenters. The summed E-state index contributed by atoms with van der Waals surface area (Å²) in [4.78, 5) is 2.56. The van der Waals surface area contributed by atoms with E-state index in [1.54, 1.807) is 0 Å². The Morgan fingerprint density at radius 3 is 2.65 bits per heavy atom. The number of rotatable bonds is 5. The predicted octanol–water partition coefficient (Wildman–Crippen LogP) is 2.14. The van der Waals surface area contributed by atoms with Crippen LogP contribution < -0.4 is 5.32 Å². The van der Waals surface area contributed by atoms with Crippen molar-refractivity contribution in [2.75, 3.05) is 26.2 Å². The summed E-state index contributed by atoms with van der Waals surface area (Å²) >= 11 is 0. The van der Waals surface area contributed by atoms with Gasteiger partial charge in [-0.25, -0.2) is 0 Å². The van der Waals surface area contributed by atoms with Crippen molar-refractivity contribution in [1.82, 2.24) is 10.2 Å². The first kappa shape index (κ1) is 12.9. The molecule has 0 bridgehead atoms. The third-order valence-electron chi connectivity index (χ3n) is 4.19. The van der Waals surface area contributed by atoms with E-state index in [0.717, 1.165) is 13.0 Å². The fourth-order valence-corrected chi connectivity index (χ4v) is 3.13. The summed E-state index contributed by atoms with van der Waals surface area (Å²) in [6.07, 6.45) is 8.82. The lowest BCUT2D eigenvalue weighted by atomic mass is 9.85. The molecule has 3 nitrogen and oxygen atoms in total. The van der Waals surface area contributed by atoms with E-state index in [-0.39, 0.29) is 5.92 Å². The molecular formula is C14H25N3. The first-order valence-corrected chi connectivity index (χ1v) is 7.25. The summed E-state index contributed by atoms with van der Waals surface area (Å²) in [5.74, 6) is 0.260. The third-order valence-corrected chi connectivity index (χ3v) is 4.19. The topological polar surface area (TPSA) is 39.1 Å². The average molecular weight is 235 g/mol. The van der Waals surface area contributed by atoms with Gasteiger partial charge in [0.25, 0.3) is 0 Å². The molecule has 0 aromatic heterocycles. The molecule has 1 saturated carbocycles. The maximum absolute atomic E-state index is 9.09. The van der Waals surface area contributed by atoms with Crippen molar-refractivity contribution in [1.29, 1.82) is 5.26 Å². The summed E-state index contributed by atoms with van der Waals surface area (Å²) in [7, 11) is 0. The number of nitrogens with one attached hydrogen (secondary N) is 1. The van der Waals surface area contributed by atoms with Gasteiger partial charge in [0, 0.05) is 6.04 Å². The SMILES string of the molecule is N#CC1CCCCC1NCCCN1CCCC1. The highest BCUT2D eigenvalue weighted by Crippen LogP contribution is 2.23. The van der Waals surface area contributed by atoms with Crippen molar-refractivity contribution in [3.05, 3.63) is 0 Å². The van der Waals surface area contributed by atoms with Crippen molar-refractivity contribution < 1.29 is 0 Å². The van der Waals surface area contributed by atoms with Gasteiger partial charge in [-0.3, -0.25) is 0 Å². The van der Waals surface area contributed by atoms with Crippen LogP contribution in [0.2, 0.25) is 0 Å². The number of hydrogen-bond acceptors (Lipinski definition) is 3. The number of nitriles is 1. The van der Waals surface area contributed by atoms with Gasteiger partial charge < -0.3 is 10.2 Å². The van der Waals surface area contributed by atoms with Crippen LogP contribution in [-0.2, 0) is 0 Å². The van der Waals surface area contributed by atoms with Crippen LogP contribution in [0.25, 0.3) is 0 Å². The van der Waals surface area contributed by atoms with Gasteiger partial charge in [-0.2, -0.15) is 5.26 Å². The first-order chi connectivity index (χ1) is 8.40. The minimum absolute atomic E-state index is 0.260. The molecule has 2 atom stereocenters. The number of nitrogens with zero attached hydrogens (tertiary/aromatic N) is 2. The summed E-state index contributed by atoms with van der Waals surface area (Å²) in [6.45, 7) is 4.91. The normalized spacial score (nSPS) is 30.3. The Morgan fingerprint density at radius 2 is 1.88 bits per heavy atom. The zero-order valence-electron chi connectivity index (χ0n) is 10.8. The molecule has 3 heteroatoms. The van der Waals surface area contributed by atoms with Gasteiger partial charge >= 0.3 is 0 Å².